The van der Waals surface area contributed by atoms with Crippen LogP contribution >= 0.6 is 15.9 Å². The lowest BCUT2D eigenvalue weighted by atomic mass is 9.96. The van der Waals surface area contributed by atoms with Gasteiger partial charge in [-0.15, -0.1) is 0 Å². The number of aromatic nitrogens is 2. The van der Waals surface area contributed by atoms with Gasteiger partial charge in [-0.05, 0) is 48.5 Å². The van der Waals surface area contributed by atoms with Gasteiger partial charge in [-0.1, -0.05) is 0 Å². The van der Waals surface area contributed by atoms with Crippen molar-refractivity contribution in [1.82, 2.24) is 15.1 Å². The molecule has 1 fully saturated rings. The van der Waals surface area contributed by atoms with Crippen molar-refractivity contribution < 1.29 is 5.11 Å². The molecule has 1 heterocycles. The van der Waals surface area contributed by atoms with Gasteiger partial charge in [0.25, 0.3) is 0 Å². The minimum Gasteiger partial charge on any atom is -0.394 e. The quantitative estimate of drug-likeness (QED) is 0.809. The molecule has 96 valence electrons. The summed E-state index contributed by atoms with van der Waals surface area (Å²) in [7, 11) is 0. The van der Waals surface area contributed by atoms with Gasteiger partial charge in [0.2, 0.25) is 0 Å². The fraction of sp³-hybridized carbons (Fsp3) is 0.750. The molecule has 0 aromatic carbocycles. The number of halogens is 1. The third kappa shape index (κ3) is 4.08. The first kappa shape index (κ1) is 13.1. The van der Waals surface area contributed by atoms with Crippen molar-refractivity contribution >= 4 is 15.9 Å². The molecule has 1 aromatic heterocycles. The van der Waals surface area contributed by atoms with Crippen molar-refractivity contribution in [2.24, 2.45) is 0 Å². The van der Waals surface area contributed by atoms with Crippen LogP contribution in [0.25, 0.3) is 0 Å². The van der Waals surface area contributed by atoms with Crippen LogP contribution in [-0.4, -0.2) is 33.1 Å². The van der Waals surface area contributed by atoms with Crippen molar-refractivity contribution in [3.63, 3.8) is 0 Å². The normalized spacial score (nSPS) is 19.2. The molecule has 1 aliphatic rings. The van der Waals surface area contributed by atoms with E-state index in [2.05, 4.69) is 33.3 Å². The SMILES string of the molecule is CC(CO)(CCCn1cc(Br)cn1)NC1CC1. The Morgan fingerprint density at radius 3 is 2.94 bits per heavy atom. The van der Waals surface area contributed by atoms with E-state index in [1.807, 2.05) is 10.9 Å². The van der Waals surface area contributed by atoms with Gasteiger partial charge >= 0.3 is 0 Å². The van der Waals surface area contributed by atoms with E-state index in [4.69, 9.17) is 0 Å². The fourth-order valence-electron chi connectivity index (χ4n) is 2.01. The van der Waals surface area contributed by atoms with Crippen LogP contribution in [-0.2, 0) is 6.54 Å². The number of hydrogen-bond acceptors (Lipinski definition) is 3. The van der Waals surface area contributed by atoms with Crippen LogP contribution in [0.2, 0.25) is 0 Å². The lowest BCUT2D eigenvalue weighted by molar-refractivity contribution is 0.160. The zero-order chi connectivity index (χ0) is 12.3. The summed E-state index contributed by atoms with van der Waals surface area (Å²) in [4.78, 5) is 0. The third-order valence-electron chi connectivity index (χ3n) is 3.20. The van der Waals surface area contributed by atoms with Gasteiger partial charge in [-0.25, -0.2) is 0 Å². The molecule has 0 aliphatic heterocycles. The number of nitrogens with zero attached hydrogens (tertiary/aromatic N) is 2. The summed E-state index contributed by atoms with van der Waals surface area (Å²) < 4.78 is 2.94. The molecule has 1 aromatic rings. The summed E-state index contributed by atoms with van der Waals surface area (Å²) in [5, 5.41) is 17.2. The van der Waals surface area contributed by atoms with E-state index >= 15 is 0 Å². The summed E-state index contributed by atoms with van der Waals surface area (Å²) >= 11 is 3.38. The second-order valence-electron chi connectivity index (χ2n) is 5.16. The van der Waals surface area contributed by atoms with Gasteiger partial charge in [0, 0.05) is 24.3 Å². The highest BCUT2D eigenvalue weighted by Crippen LogP contribution is 2.24. The van der Waals surface area contributed by atoms with Gasteiger partial charge in [0.15, 0.2) is 0 Å². The summed E-state index contributed by atoms with van der Waals surface area (Å²) in [6.45, 7) is 3.20. The standard InChI is InChI=1S/C12H20BrN3O/c1-12(9-17,15-11-3-4-11)5-2-6-16-8-10(13)7-14-16/h7-8,11,15,17H,2-6,9H2,1H3. The topological polar surface area (TPSA) is 50.1 Å². The molecule has 1 saturated carbocycles. The number of nitrogens with one attached hydrogen (secondary N) is 1. The number of aliphatic hydroxyl groups excluding tert-OH is 1. The van der Waals surface area contributed by atoms with E-state index in [9.17, 15) is 5.11 Å². The van der Waals surface area contributed by atoms with E-state index in [1.54, 1.807) is 6.20 Å². The van der Waals surface area contributed by atoms with Crippen molar-refractivity contribution in [3.8, 4) is 0 Å². The number of rotatable bonds is 7. The van der Waals surface area contributed by atoms with E-state index in [-0.39, 0.29) is 12.1 Å². The van der Waals surface area contributed by atoms with Crippen LogP contribution in [0.4, 0.5) is 0 Å². The molecule has 0 radical (unpaired) electrons. The molecule has 17 heavy (non-hydrogen) atoms. The first-order valence-corrected chi connectivity index (χ1v) is 6.97. The molecule has 0 spiro atoms. The molecule has 1 atom stereocenters. The van der Waals surface area contributed by atoms with Crippen LogP contribution in [0, 0.1) is 0 Å². The van der Waals surface area contributed by atoms with Crippen molar-refractivity contribution in [2.75, 3.05) is 6.61 Å². The first-order valence-electron chi connectivity index (χ1n) is 6.18. The Labute approximate surface area is 111 Å². The van der Waals surface area contributed by atoms with Crippen LogP contribution in [0.1, 0.15) is 32.6 Å². The maximum absolute atomic E-state index is 9.47. The Morgan fingerprint density at radius 1 is 1.65 bits per heavy atom. The van der Waals surface area contributed by atoms with Crippen LogP contribution in [0.15, 0.2) is 16.9 Å². The number of aryl methyl sites for hydroxylation is 1. The smallest absolute Gasteiger partial charge is 0.0632 e. The number of aliphatic hydroxyl groups is 1. The molecule has 4 nitrogen and oxygen atoms in total. The molecule has 0 bridgehead atoms. The molecule has 5 heteroatoms. The lowest BCUT2D eigenvalue weighted by Gasteiger charge is -2.29. The third-order valence-corrected chi connectivity index (χ3v) is 3.61. The average Bonchev–Trinajstić information content (AvgIpc) is 3.00. The van der Waals surface area contributed by atoms with Crippen molar-refractivity contribution in [1.29, 1.82) is 0 Å². The highest BCUT2D eigenvalue weighted by atomic mass is 79.9. The van der Waals surface area contributed by atoms with E-state index in [0.717, 1.165) is 23.9 Å². The van der Waals surface area contributed by atoms with E-state index in [1.165, 1.54) is 12.8 Å². The van der Waals surface area contributed by atoms with Gasteiger partial charge in [-0.3, -0.25) is 4.68 Å². The Bertz CT molecular complexity index is 364. The minimum atomic E-state index is -0.133. The van der Waals surface area contributed by atoms with E-state index < -0.39 is 0 Å². The van der Waals surface area contributed by atoms with Gasteiger partial charge in [-0.2, -0.15) is 5.10 Å². The Kier molecular flexibility index (Phi) is 4.22. The lowest BCUT2D eigenvalue weighted by Crippen LogP contribution is -2.47. The molecule has 2 rings (SSSR count). The molecule has 1 unspecified atom stereocenters. The summed E-state index contributed by atoms with van der Waals surface area (Å²) in [5.74, 6) is 0. The zero-order valence-corrected chi connectivity index (χ0v) is 11.8. The van der Waals surface area contributed by atoms with E-state index in [0.29, 0.717) is 6.04 Å². The molecule has 0 amide bonds. The van der Waals surface area contributed by atoms with Crippen LogP contribution < -0.4 is 5.32 Å². The second-order valence-corrected chi connectivity index (χ2v) is 6.08. The molecule has 1 aliphatic carbocycles. The average molecular weight is 302 g/mol. The fourth-order valence-corrected chi connectivity index (χ4v) is 2.34. The maximum Gasteiger partial charge on any atom is 0.0632 e. The molecule has 2 N–H and O–H groups in total. The summed E-state index contributed by atoms with van der Waals surface area (Å²) in [6, 6.07) is 0.631. The second kappa shape index (κ2) is 5.50. The Hall–Kier alpha value is -0.390. The zero-order valence-electron chi connectivity index (χ0n) is 10.2. The molecular formula is C12H20BrN3O. The predicted molar refractivity (Wildman–Crippen MR) is 70.8 cm³/mol. The highest BCUT2D eigenvalue weighted by Gasteiger charge is 2.31. The molecular weight excluding hydrogens is 282 g/mol. The van der Waals surface area contributed by atoms with Crippen LogP contribution in [0.3, 0.4) is 0 Å². The first-order chi connectivity index (χ1) is 8.11. The van der Waals surface area contributed by atoms with Crippen molar-refractivity contribution in [2.45, 2.75) is 50.7 Å². The molecule has 0 saturated heterocycles. The van der Waals surface area contributed by atoms with Gasteiger partial charge in [0.1, 0.15) is 0 Å². The highest BCUT2D eigenvalue weighted by molar-refractivity contribution is 9.10. The van der Waals surface area contributed by atoms with Crippen LogP contribution in [0.5, 0.6) is 0 Å². The largest absolute Gasteiger partial charge is 0.394 e. The monoisotopic (exact) mass is 301 g/mol. The maximum atomic E-state index is 9.47. The number of hydrogen-bond donors (Lipinski definition) is 2. The Balaban J connectivity index is 1.75. The van der Waals surface area contributed by atoms with Gasteiger partial charge in [0.05, 0.1) is 17.3 Å². The predicted octanol–water partition coefficient (Wildman–Crippen LogP) is 1.93. The summed E-state index contributed by atoms with van der Waals surface area (Å²) in [6.07, 6.45) is 8.27. The summed E-state index contributed by atoms with van der Waals surface area (Å²) in [5.41, 5.74) is -0.133. The van der Waals surface area contributed by atoms with Gasteiger partial charge < -0.3 is 10.4 Å². The van der Waals surface area contributed by atoms with Crippen molar-refractivity contribution in [3.05, 3.63) is 16.9 Å². The minimum absolute atomic E-state index is 0.133. The Morgan fingerprint density at radius 2 is 2.41 bits per heavy atom.